The number of carbonyl (C=O) groups excluding carboxylic acids is 1. The number of hydrogen-bond donors (Lipinski definition) is 2. The molecule has 134 valence electrons. The summed E-state index contributed by atoms with van der Waals surface area (Å²) in [7, 11) is 0. The van der Waals surface area contributed by atoms with Crippen molar-refractivity contribution in [2.75, 3.05) is 5.32 Å². The predicted molar refractivity (Wildman–Crippen MR) is 88.8 cm³/mol. The molecular weight excluding hydrogens is 347 g/mol. The van der Waals surface area contributed by atoms with Gasteiger partial charge in [-0.15, -0.1) is 0 Å². The second-order valence-corrected chi connectivity index (χ2v) is 5.39. The van der Waals surface area contributed by atoms with Crippen molar-refractivity contribution >= 4 is 17.3 Å². The highest BCUT2D eigenvalue weighted by molar-refractivity contribution is 5.94. The molecule has 3 rings (SSSR count). The Bertz CT molecular complexity index is 893. The Morgan fingerprint density at radius 2 is 1.92 bits per heavy atom. The zero-order chi connectivity index (χ0) is 18.6. The van der Waals surface area contributed by atoms with Crippen molar-refractivity contribution < 1.29 is 22.4 Å². The molecule has 0 saturated heterocycles. The maximum atomic E-state index is 13.1. The first kappa shape index (κ1) is 17.5. The number of amides is 1. The van der Waals surface area contributed by atoms with Gasteiger partial charge >= 0.3 is 6.18 Å². The zero-order valence-electron chi connectivity index (χ0n) is 13.4. The fourth-order valence-corrected chi connectivity index (χ4v) is 2.31. The molecule has 1 amide bonds. The van der Waals surface area contributed by atoms with E-state index in [-0.39, 0.29) is 23.5 Å². The Hall–Kier alpha value is -3.29. The molecule has 2 aromatic heterocycles. The topological polar surface area (TPSA) is 67.2 Å². The standard InChI is InChI=1S/C18H14F3N3O2/c19-18(20,21)15-5-1-2-6-16(15)24-13-8-12(9-22-10-13)17(25)23-11-14-4-3-7-26-14/h1-10,24H,11H2,(H,23,25). The molecule has 0 aliphatic heterocycles. The Morgan fingerprint density at radius 3 is 2.65 bits per heavy atom. The van der Waals surface area contributed by atoms with E-state index < -0.39 is 17.6 Å². The van der Waals surface area contributed by atoms with Crippen LogP contribution in [0.15, 0.2) is 65.5 Å². The minimum Gasteiger partial charge on any atom is -0.467 e. The summed E-state index contributed by atoms with van der Waals surface area (Å²) in [5.74, 6) is 0.168. The lowest BCUT2D eigenvalue weighted by molar-refractivity contribution is -0.136. The molecule has 0 atom stereocenters. The van der Waals surface area contributed by atoms with E-state index in [1.807, 2.05) is 0 Å². The molecule has 0 saturated carbocycles. The second-order valence-electron chi connectivity index (χ2n) is 5.39. The molecule has 0 radical (unpaired) electrons. The molecule has 0 unspecified atom stereocenters. The van der Waals surface area contributed by atoms with E-state index in [2.05, 4.69) is 15.6 Å². The van der Waals surface area contributed by atoms with Crippen molar-refractivity contribution in [1.82, 2.24) is 10.3 Å². The van der Waals surface area contributed by atoms with Crippen LogP contribution in [-0.4, -0.2) is 10.9 Å². The number of hydrogen-bond acceptors (Lipinski definition) is 4. The Balaban J connectivity index is 1.75. The Labute approximate surface area is 146 Å². The number of alkyl halides is 3. The van der Waals surface area contributed by atoms with Gasteiger partial charge in [0.05, 0.1) is 41.5 Å². The summed E-state index contributed by atoms with van der Waals surface area (Å²) in [5.41, 5.74) is -0.430. The minimum absolute atomic E-state index is 0.116. The van der Waals surface area contributed by atoms with E-state index in [9.17, 15) is 18.0 Å². The maximum absolute atomic E-state index is 13.1. The molecule has 26 heavy (non-hydrogen) atoms. The Morgan fingerprint density at radius 1 is 1.12 bits per heavy atom. The number of nitrogens with one attached hydrogen (secondary N) is 2. The molecule has 0 spiro atoms. The van der Waals surface area contributed by atoms with Gasteiger partial charge in [-0.3, -0.25) is 9.78 Å². The molecule has 0 aliphatic carbocycles. The summed E-state index contributed by atoms with van der Waals surface area (Å²) < 4.78 is 44.3. The fraction of sp³-hybridized carbons (Fsp3) is 0.111. The van der Waals surface area contributed by atoms with Crippen molar-refractivity contribution in [3.8, 4) is 0 Å². The molecule has 2 N–H and O–H groups in total. The van der Waals surface area contributed by atoms with E-state index >= 15 is 0 Å². The van der Waals surface area contributed by atoms with Crippen LogP contribution < -0.4 is 10.6 Å². The van der Waals surface area contributed by atoms with Crippen LogP contribution in [0.4, 0.5) is 24.5 Å². The number of pyridine rings is 1. The van der Waals surface area contributed by atoms with Crippen molar-refractivity contribution in [2.24, 2.45) is 0 Å². The van der Waals surface area contributed by atoms with Gasteiger partial charge < -0.3 is 15.1 Å². The van der Waals surface area contributed by atoms with Crippen molar-refractivity contribution in [3.05, 3.63) is 78.0 Å². The first-order valence-electron chi connectivity index (χ1n) is 7.62. The first-order chi connectivity index (χ1) is 12.4. The summed E-state index contributed by atoms with van der Waals surface area (Å²) in [6.07, 6.45) is -0.324. The van der Waals surface area contributed by atoms with Gasteiger partial charge in [0, 0.05) is 6.20 Å². The van der Waals surface area contributed by atoms with Crippen LogP contribution in [0.2, 0.25) is 0 Å². The normalized spacial score (nSPS) is 11.2. The number of carbonyl (C=O) groups is 1. The van der Waals surface area contributed by atoms with Gasteiger partial charge in [0.2, 0.25) is 0 Å². The van der Waals surface area contributed by atoms with E-state index in [1.54, 1.807) is 12.1 Å². The van der Waals surface area contributed by atoms with Crippen LogP contribution in [-0.2, 0) is 12.7 Å². The molecule has 3 aromatic rings. The molecule has 5 nitrogen and oxygen atoms in total. The molecule has 8 heteroatoms. The third-order valence-electron chi connectivity index (χ3n) is 3.52. The minimum atomic E-state index is -4.49. The number of furan rings is 1. The highest BCUT2D eigenvalue weighted by atomic mass is 19.4. The van der Waals surface area contributed by atoms with Gasteiger partial charge in [-0.2, -0.15) is 13.2 Å². The number of halogens is 3. The van der Waals surface area contributed by atoms with E-state index in [0.717, 1.165) is 6.07 Å². The highest BCUT2D eigenvalue weighted by Gasteiger charge is 2.33. The number of benzene rings is 1. The van der Waals surface area contributed by atoms with Crippen LogP contribution >= 0.6 is 0 Å². The summed E-state index contributed by atoms with van der Waals surface area (Å²) in [6.45, 7) is 0.195. The molecule has 0 bridgehead atoms. The van der Waals surface area contributed by atoms with Gasteiger partial charge in [-0.25, -0.2) is 0 Å². The molecule has 2 heterocycles. The largest absolute Gasteiger partial charge is 0.467 e. The van der Waals surface area contributed by atoms with Gasteiger partial charge in [0.1, 0.15) is 5.76 Å². The average molecular weight is 361 g/mol. The predicted octanol–water partition coefficient (Wildman–Crippen LogP) is 4.37. The monoisotopic (exact) mass is 361 g/mol. The molecular formula is C18H14F3N3O2. The summed E-state index contributed by atoms with van der Waals surface area (Å²) in [5, 5.41) is 5.31. The van der Waals surface area contributed by atoms with Crippen LogP contribution in [0.1, 0.15) is 21.7 Å². The smallest absolute Gasteiger partial charge is 0.418 e. The molecule has 1 aromatic carbocycles. The molecule has 0 fully saturated rings. The third kappa shape index (κ3) is 4.21. The first-order valence-corrected chi connectivity index (χ1v) is 7.62. The summed E-state index contributed by atoms with van der Waals surface area (Å²) >= 11 is 0. The number of para-hydroxylation sites is 1. The summed E-state index contributed by atoms with van der Waals surface area (Å²) in [4.78, 5) is 16.1. The highest BCUT2D eigenvalue weighted by Crippen LogP contribution is 2.35. The van der Waals surface area contributed by atoms with Crippen LogP contribution in [0.5, 0.6) is 0 Å². The van der Waals surface area contributed by atoms with E-state index in [4.69, 9.17) is 4.42 Å². The van der Waals surface area contributed by atoms with Crippen molar-refractivity contribution in [1.29, 1.82) is 0 Å². The molecule has 0 aliphatic rings. The SMILES string of the molecule is O=C(NCc1ccco1)c1cncc(Nc2ccccc2C(F)(F)F)c1. The quantitative estimate of drug-likeness (QED) is 0.708. The number of nitrogens with zero attached hydrogens (tertiary/aromatic N) is 1. The zero-order valence-corrected chi connectivity index (χ0v) is 13.4. The lowest BCUT2D eigenvalue weighted by Gasteiger charge is -2.14. The lowest BCUT2D eigenvalue weighted by atomic mass is 10.1. The van der Waals surface area contributed by atoms with Gasteiger partial charge in [-0.1, -0.05) is 12.1 Å². The van der Waals surface area contributed by atoms with Gasteiger partial charge in [-0.05, 0) is 30.3 Å². The van der Waals surface area contributed by atoms with E-state index in [0.29, 0.717) is 5.76 Å². The average Bonchev–Trinajstić information content (AvgIpc) is 3.13. The van der Waals surface area contributed by atoms with Crippen molar-refractivity contribution in [3.63, 3.8) is 0 Å². The van der Waals surface area contributed by atoms with E-state index in [1.165, 1.54) is 42.9 Å². The van der Waals surface area contributed by atoms with Crippen LogP contribution in [0, 0.1) is 0 Å². The number of rotatable bonds is 5. The summed E-state index contributed by atoms with van der Waals surface area (Å²) in [6, 6.07) is 9.94. The Kier molecular flexibility index (Phi) is 4.92. The lowest BCUT2D eigenvalue weighted by Crippen LogP contribution is -2.22. The second kappa shape index (κ2) is 7.30. The number of anilines is 2. The van der Waals surface area contributed by atoms with Gasteiger partial charge in [0.15, 0.2) is 0 Å². The van der Waals surface area contributed by atoms with Gasteiger partial charge in [0.25, 0.3) is 5.91 Å². The number of aromatic nitrogens is 1. The van der Waals surface area contributed by atoms with Crippen LogP contribution in [0.3, 0.4) is 0 Å². The maximum Gasteiger partial charge on any atom is 0.418 e. The van der Waals surface area contributed by atoms with Crippen molar-refractivity contribution in [2.45, 2.75) is 12.7 Å². The third-order valence-corrected chi connectivity index (χ3v) is 3.52. The fourth-order valence-electron chi connectivity index (χ4n) is 2.31. The van der Waals surface area contributed by atoms with Crippen LogP contribution in [0.25, 0.3) is 0 Å².